The maximum Gasteiger partial charge on any atom is 0.347 e. The predicted molar refractivity (Wildman–Crippen MR) is 80.5 cm³/mol. The smallest absolute Gasteiger partial charge is 0.347 e. The molecular weight excluding hydrogens is 260 g/mol. The van der Waals surface area contributed by atoms with Gasteiger partial charge in [0.05, 0.1) is 5.69 Å². The highest BCUT2D eigenvalue weighted by atomic mass is 32.1. The van der Waals surface area contributed by atoms with Crippen LogP contribution in [-0.2, 0) is 0 Å². The highest BCUT2D eigenvalue weighted by Crippen LogP contribution is 2.31. The summed E-state index contributed by atoms with van der Waals surface area (Å²) in [6.45, 7) is 12.2. The predicted octanol–water partition coefficient (Wildman–Crippen LogP) is 3.84. The van der Waals surface area contributed by atoms with Crippen molar-refractivity contribution in [3.05, 3.63) is 10.6 Å². The van der Waals surface area contributed by atoms with Crippen molar-refractivity contribution >= 4 is 22.4 Å². The second kappa shape index (κ2) is 6.89. The van der Waals surface area contributed by atoms with Crippen LogP contribution in [0.1, 0.15) is 62.3 Å². The SMILES string of the molecule is CCC(C)CN(CC)c1nc(C(C)C)c(C(=O)O)s1. The Morgan fingerprint density at radius 1 is 1.37 bits per heavy atom. The molecule has 1 atom stereocenters. The Balaban J connectivity index is 3.05. The molecule has 1 N–H and O–H groups in total. The highest BCUT2D eigenvalue weighted by Gasteiger charge is 2.22. The molecule has 5 heteroatoms. The fourth-order valence-corrected chi connectivity index (χ4v) is 2.98. The maximum atomic E-state index is 11.3. The first kappa shape index (κ1) is 16.0. The molecule has 19 heavy (non-hydrogen) atoms. The van der Waals surface area contributed by atoms with Crippen LogP contribution in [0.15, 0.2) is 0 Å². The molecule has 1 aromatic heterocycles. The number of anilines is 1. The van der Waals surface area contributed by atoms with Crippen LogP contribution in [0.4, 0.5) is 5.13 Å². The highest BCUT2D eigenvalue weighted by molar-refractivity contribution is 7.17. The van der Waals surface area contributed by atoms with Crippen LogP contribution in [0.5, 0.6) is 0 Å². The molecule has 0 amide bonds. The van der Waals surface area contributed by atoms with Crippen LogP contribution < -0.4 is 4.90 Å². The van der Waals surface area contributed by atoms with Gasteiger partial charge in [-0.3, -0.25) is 0 Å². The average molecular weight is 284 g/mol. The standard InChI is InChI=1S/C14H24N2O2S/c1-6-10(5)8-16(7-2)14-15-11(9(3)4)12(19-14)13(17)18/h9-10H,6-8H2,1-5H3,(H,17,18). The van der Waals surface area contributed by atoms with Gasteiger partial charge in [0.15, 0.2) is 5.13 Å². The van der Waals surface area contributed by atoms with Crippen molar-refractivity contribution in [2.24, 2.45) is 5.92 Å². The van der Waals surface area contributed by atoms with Gasteiger partial charge in [-0.25, -0.2) is 9.78 Å². The monoisotopic (exact) mass is 284 g/mol. The number of aromatic carboxylic acids is 1. The molecule has 0 saturated heterocycles. The van der Waals surface area contributed by atoms with Gasteiger partial charge in [0.2, 0.25) is 0 Å². The number of carboxylic acids is 1. The van der Waals surface area contributed by atoms with Crippen LogP contribution in [0.3, 0.4) is 0 Å². The molecule has 0 aromatic carbocycles. The minimum atomic E-state index is -0.868. The van der Waals surface area contributed by atoms with E-state index in [4.69, 9.17) is 0 Å². The lowest BCUT2D eigenvalue weighted by molar-refractivity contribution is 0.0700. The third-order valence-corrected chi connectivity index (χ3v) is 4.38. The zero-order chi connectivity index (χ0) is 14.6. The van der Waals surface area contributed by atoms with Gasteiger partial charge in [-0.1, -0.05) is 45.5 Å². The van der Waals surface area contributed by atoms with Crippen LogP contribution in [0.25, 0.3) is 0 Å². The molecular formula is C14H24N2O2S. The molecule has 0 radical (unpaired) electrons. The molecule has 108 valence electrons. The lowest BCUT2D eigenvalue weighted by Crippen LogP contribution is -2.27. The Hall–Kier alpha value is -1.10. The lowest BCUT2D eigenvalue weighted by atomic mass is 10.1. The summed E-state index contributed by atoms with van der Waals surface area (Å²) in [4.78, 5) is 18.4. The molecule has 0 aliphatic heterocycles. The molecule has 4 nitrogen and oxygen atoms in total. The van der Waals surface area contributed by atoms with Gasteiger partial charge in [0.1, 0.15) is 4.88 Å². The van der Waals surface area contributed by atoms with E-state index in [0.29, 0.717) is 16.5 Å². The quantitative estimate of drug-likeness (QED) is 0.826. The summed E-state index contributed by atoms with van der Waals surface area (Å²) in [6, 6.07) is 0. The Kier molecular flexibility index (Phi) is 5.79. The van der Waals surface area contributed by atoms with E-state index in [2.05, 4.69) is 30.7 Å². The van der Waals surface area contributed by atoms with Crippen LogP contribution in [-0.4, -0.2) is 29.1 Å². The van der Waals surface area contributed by atoms with Crippen molar-refractivity contribution in [3.8, 4) is 0 Å². The van der Waals surface area contributed by atoms with Gasteiger partial charge in [0.25, 0.3) is 0 Å². The van der Waals surface area contributed by atoms with Crippen molar-refractivity contribution < 1.29 is 9.90 Å². The molecule has 1 rings (SSSR count). The van der Waals surface area contributed by atoms with Crippen molar-refractivity contribution in [2.45, 2.75) is 47.0 Å². The van der Waals surface area contributed by atoms with Crippen molar-refractivity contribution in [1.82, 2.24) is 4.98 Å². The summed E-state index contributed by atoms with van der Waals surface area (Å²) >= 11 is 1.30. The van der Waals surface area contributed by atoms with Crippen LogP contribution >= 0.6 is 11.3 Å². The number of rotatable bonds is 7. The topological polar surface area (TPSA) is 53.4 Å². The van der Waals surface area contributed by atoms with Gasteiger partial charge in [-0.15, -0.1) is 0 Å². The second-order valence-corrected chi connectivity index (χ2v) is 6.20. The molecule has 0 spiro atoms. The van der Waals surface area contributed by atoms with Crippen LogP contribution in [0, 0.1) is 5.92 Å². The van der Waals surface area contributed by atoms with E-state index in [9.17, 15) is 9.90 Å². The van der Waals surface area contributed by atoms with Crippen molar-refractivity contribution in [2.75, 3.05) is 18.0 Å². The van der Waals surface area contributed by atoms with Gasteiger partial charge in [-0.05, 0) is 18.8 Å². The molecule has 0 aliphatic carbocycles. The molecule has 1 unspecified atom stereocenters. The number of hydrogen-bond donors (Lipinski definition) is 1. The summed E-state index contributed by atoms with van der Waals surface area (Å²) in [7, 11) is 0. The third kappa shape index (κ3) is 3.93. The Morgan fingerprint density at radius 2 is 2.00 bits per heavy atom. The zero-order valence-electron chi connectivity index (χ0n) is 12.4. The van der Waals surface area contributed by atoms with E-state index < -0.39 is 5.97 Å². The maximum absolute atomic E-state index is 11.3. The molecule has 0 bridgehead atoms. The van der Waals surface area contributed by atoms with E-state index in [1.807, 2.05) is 13.8 Å². The van der Waals surface area contributed by atoms with E-state index in [-0.39, 0.29) is 5.92 Å². The molecule has 1 aromatic rings. The van der Waals surface area contributed by atoms with Gasteiger partial charge in [0, 0.05) is 13.1 Å². The fourth-order valence-electron chi connectivity index (χ4n) is 1.85. The molecule has 1 heterocycles. The average Bonchev–Trinajstić information content (AvgIpc) is 2.80. The summed E-state index contributed by atoms with van der Waals surface area (Å²) in [5.74, 6) is -0.148. The third-order valence-electron chi connectivity index (χ3n) is 3.26. The largest absolute Gasteiger partial charge is 0.477 e. The number of carboxylic acid groups (broad SMARTS) is 1. The number of aromatic nitrogens is 1. The first-order valence-electron chi connectivity index (χ1n) is 6.89. The van der Waals surface area contributed by atoms with E-state index >= 15 is 0 Å². The Morgan fingerprint density at radius 3 is 2.37 bits per heavy atom. The number of hydrogen-bond acceptors (Lipinski definition) is 4. The van der Waals surface area contributed by atoms with E-state index in [0.717, 1.165) is 24.6 Å². The summed E-state index contributed by atoms with van der Waals surface area (Å²) in [6.07, 6.45) is 1.12. The summed E-state index contributed by atoms with van der Waals surface area (Å²) < 4.78 is 0. The second-order valence-electron chi connectivity index (χ2n) is 5.22. The summed E-state index contributed by atoms with van der Waals surface area (Å²) in [5.41, 5.74) is 0.704. The molecule has 0 aliphatic rings. The zero-order valence-corrected chi connectivity index (χ0v) is 13.3. The molecule has 0 fully saturated rings. The van der Waals surface area contributed by atoms with Crippen molar-refractivity contribution in [3.63, 3.8) is 0 Å². The van der Waals surface area contributed by atoms with Crippen molar-refractivity contribution in [1.29, 1.82) is 0 Å². The number of thiazole rings is 1. The number of nitrogens with zero attached hydrogens (tertiary/aromatic N) is 2. The first-order valence-corrected chi connectivity index (χ1v) is 7.71. The Bertz CT molecular complexity index is 429. The lowest BCUT2D eigenvalue weighted by Gasteiger charge is -2.23. The first-order chi connectivity index (χ1) is 8.90. The van der Waals surface area contributed by atoms with E-state index in [1.54, 1.807) is 0 Å². The molecule has 0 saturated carbocycles. The van der Waals surface area contributed by atoms with Crippen LogP contribution in [0.2, 0.25) is 0 Å². The Labute approximate surface area is 119 Å². The van der Waals surface area contributed by atoms with Gasteiger partial charge < -0.3 is 10.0 Å². The van der Waals surface area contributed by atoms with Gasteiger partial charge in [-0.2, -0.15) is 0 Å². The normalized spacial score (nSPS) is 12.7. The summed E-state index contributed by atoms with van der Waals surface area (Å²) in [5, 5.41) is 10.1. The minimum absolute atomic E-state index is 0.137. The van der Waals surface area contributed by atoms with E-state index in [1.165, 1.54) is 11.3 Å². The minimum Gasteiger partial charge on any atom is -0.477 e. The number of carbonyl (C=O) groups is 1. The van der Waals surface area contributed by atoms with Gasteiger partial charge >= 0.3 is 5.97 Å². The fraction of sp³-hybridized carbons (Fsp3) is 0.714.